The minimum absolute atomic E-state index is 0.00246. The van der Waals surface area contributed by atoms with E-state index in [1.54, 1.807) is 6.07 Å². The van der Waals surface area contributed by atoms with Gasteiger partial charge in [-0.3, -0.25) is 5.41 Å². The van der Waals surface area contributed by atoms with Crippen molar-refractivity contribution < 1.29 is 5.11 Å². The molecule has 16 heavy (non-hydrogen) atoms. The van der Waals surface area contributed by atoms with Crippen LogP contribution in [0.5, 0.6) is 0 Å². The van der Waals surface area contributed by atoms with E-state index in [0.717, 1.165) is 19.5 Å². The Hall–Kier alpha value is -1.69. The maximum atomic E-state index is 9.08. The summed E-state index contributed by atoms with van der Waals surface area (Å²) in [7, 11) is 0. The summed E-state index contributed by atoms with van der Waals surface area (Å²) in [6, 6.07) is 1.69. The van der Waals surface area contributed by atoms with Crippen LogP contribution in [-0.4, -0.2) is 40.8 Å². The van der Waals surface area contributed by atoms with E-state index in [1.165, 1.54) is 6.20 Å². The van der Waals surface area contributed by atoms with Crippen molar-refractivity contribution in [3.8, 4) is 0 Å². The smallest absolute Gasteiger partial charge is 0.162 e. The van der Waals surface area contributed by atoms with E-state index >= 15 is 0 Å². The summed E-state index contributed by atoms with van der Waals surface area (Å²) in [5.74, 6) is 0.921. The largest absolute Gasteiger partial charge is 0.396 e. The van der Waals surface area contributed by atoms with E-state index in [9.17, 15) is 0 Å². The normalized spacial score (nSPS) is 20.1. The number of rotatable bonds is 3. The molecule has 6 heteroatoms. The summed E-state index contributed by atoms with van der Waals surface area (Å²) in [5.41, 5.74) is 6.09. The van der Waals surface area contributed by atoms with Crippen LogP contribution in [0, 0.1) is 11.3 Å². The fourth-order valence-electron chi connectivity index (χ4n) is 1.94. The average molecular weight is 221 g/mol. The molecule has 2 heterocycles. The number of nitrogens with two attached hydrogens (primary N) is 1. The molecule has 1 aromatic rings. The highest BCUT2D eigenvalue weighted by molar-refractivity contribution is 5.99. The molecule has 0 amide bonds. The van der Waals surface area contributed by atoms with Crippen molar-refractivity contribution in [1.82, 2.24) is 10.2 Å². The van der Waals surface area contributed by atoms with Crippen LogP contribution in [0.1, 0.15) is 12.0 Å². The molecule has 1 aliphatic heterocycles. The second kappa shape index (κ2) is 4.44. The minimum Gasteiger partial charge on any atom is -0.396 e. The van der Waals surface area contributed by atoms with Crippen molar-refractivity contribution in [3.05, 3.63) is 17.8 Å². The van der Waals surface area contributed by atoms with Gasteiger partial charge in [-0.25, -0.2) is 0 Å². The molecule has 1 aliphatic rings. The standard InChI is InChI=1S/C10H15N5O/c11-9(12)8-1-3-13-14-10(8)15-4-2-7(5-15)6-16/h1,3,7,16H,2,4-6H2,(H3,11,12). The van der Waals surface area contributed by atoms with Crippen LogP contribution in [0.4, 0.5) is 5.82 Å². The second-order valence-corrected chi connectivity index (χ2v) is 3.97. The molecule has 86 valence electrons. The highest BCUT2D eigenvalue weighted by Gasteiger charge is 2.25. The van der Waals surface area contributed by atoms with E-state index < -0.39 is 0 Å². The molecule has 6 nitrogen and oxygen atoms in total. The Morgan fingerprint density at radius 3 is 3.12 bits per heavy atom. The van der Waals surface area contributed by atoms with Gasteiger partial charge in [-0.1, -0.05) is 0 Å². The van der Waals surface area contributed by atoms with Gasteiger partial charge in [0.25, 0.3) is 0 Å². The van der Waals surface area contributed by atoms with E-state index in [-0.39, 0.29) is 18.4 Å². The highest BCUT2D eigenvalue weighted by Crippen LogP contribution is 2.23. The van der Waals surface area contributed by atoms with Crippen LogP contribution in [0.15, 0.2) is 12.3 Å². The number of nitrogens with one attached hydrogen (secondary N) is 1. The lowest BCUT2D eigenvalue weighted by atomic mass is 10.1. The summed E-state index contributed by atoms with van der Waals surface area (Å²) in [5, 5.41) is 24.4. The van der Waals surface area contributed by atoms with Gasteiger partial charge in [0, 0.05) is 25.6 Å². The van der Waals surface area contributed by atoms with Crippen molar-refractivity contribution in [2.45, 2.75) is 6.42 Å². The molecule has 1 aromatic heterocycles. The summed E-state index contributed by atoms with van der Waals surface area (Å²) in [6.07, 6.45) is 2.46. The van der Waals surface area contributed by atoms with Gasteiger partial charge < -0.3 is 15.7 Å². The summed E-state index contributed by atoms with van der Waals surface area (Å²) in [4.78, 5) is 2.02. The van der Waals surface area contributed by atoms with Crippen LogP contribution >= 0.6 is 0 Å². The Morgan fingerprint density at radius 2 is 2.50 bits per heavy atom. The van der Waals surface area contributed by atoms with E-state index in [2.05, 4.69) is 10.2 Å². The first-order valence-electron chi connectivity index (χ1n) is 5.24. The zero-order valence-electron chi connectivity index (χ0n) is 8.93. The predicted octanol–water partition coefficient (Wildman–Crippen LogP) is -0.421. The topological polar surface area (TPSA) is 99.1 Å². The maximum Gasteiger partial charge on any atom is 0.162 e. The lowest BCUT2D eigenvalue weighted by Gasteiger charge is -2.18. The molecule has 0 saturated carbocycles. The van der Waals surface area contributed by atoms with Gasteiger partial charge >= 0.3 is 0 Å². The number of nitrogen functional groups attached to an aromatic ring is 1. The molecule has 0 spiro atoms. The van der Waals surface area contributed by atoms with E-state index in [4.69, 9.17) is 16.2 Å². The quantitative estimate of drug-likeness (QED) is 0.475. The number of nitrogens with zero attached hydrogens (tertiary/aromatic N) is 3. The third-order valence-electron chi connectivity index (χ3n) is 2.83. The van der Waals surface area contributed by atoms with Crippen molar-refractivity contribution in [3.63, 3.8) is 0 Å². The Balaban J connectivity index is 2.24. The van der Waals surface area contributed by atoms with Gasteiger partial charge in [-0.15, -0.1) is 5.10 Å². The molecule has 1 atom stereocenters. The van der Waals surface area contributed by atoms with Crippen molar-refractivity contribution >= 4 is 11.7 Å². The average Bonchev–Trinajstić information content (AvgIpc) is 2.77. The molecule has 0 aliphatic carbocycles. The molecular formula is C10H15N5O. The first-order chi connectivity index (χ1) is 7.72. The van der Waals surface area contributed by atoms with Gasteiger partial charge in [-0.05, 0) is 12.5 Å². The van der Waals surface area contributed by atoms with Gasteiger partial charge in [-0.2, -0.15) is 5.10 Å². The molecule has 0 bridgehead atoms. The van der Waals surface area contributed by atoms with Crippen LogP contribution < -0.4 is 10.6 Å². The van der Waals surface area contributed by atoms with E-state index in [1.807, 2.05) is 4.90 Å². The van der Waals surface area contributed by atoms with Crippen LogP contribution in [-0.2, 0) is 0 Å². The summed E-state index contributed by atoms with van der Waals surface area (Å²) < 4.78 is 0. The Morgan fingerprint density at radius 1 is 1.69 bits per heavy atom. The monoisotopic (exact) mass is 221 g/mol. The second-order valence-electron chi connectivity index (χ2n) is 3.97. The van der Waals surface area contributed by atoms with Crippen LogP contribution in [0.3, 0.4) is 0 Å². The lowest BCUT2D eigenvalue weighted by Crippen LogP contribution is -2.26. The maximum absolute atomic E-state index is 9.08. The molecule has 0 aromatic carbocycles. The number of hydrogen-bond acceptors (Lipinski definition) is 5. The predicted molar refractivity (Wildman–Crippen MR) is 60.5 cm³/mol. The Kier molecular flexibility index (Phi) is 3.00. The highest BCUT2D eigenvalue weighted by atomic mass is 16.3. The molecule has 0 radical (unpaired) electrons. The van der Waals surface area contributed by atoms with Crippen molar-refractivity contribution in [2.24, 2.45) is 11.7 Å². The van der Waals surface area contributed by atoms with E-state index in [0.29, 0.717) is 11.4 Å². The lowest BCUT2D eigenvalue weighted by molar-refractivity contribution is 0.238. The molecular weight excluding hydrogens is 206 g/mol. The SMILES string of the molecule is N=C(N)c1ccnnc1N1CCC(CO)C1. The number of hydrogen-bond donors (Lipinski definition) is 3. The first kappa shape index (κ1) is 10.8. The zero-order chi connectivity index (χ0) is 11.5. The third kappa shape index (κ3) is 1.96. The summed E-state index contributed by atoms with van der Waals surface area (Å²) in [6.45, 7) is 1.76. The molecule has 2 rings (SSSR count). The minimum atomic E-state index is -0.00246. The van der Waals surface area contributed by atoms with Crippen LogP contribution in [0.25, 0.3) is 0 Å². The number of anilines is 1. The Labute approximate surface area is 93.6 Å². The van der Waals surface area contributed by atoms with Gasteiger partial charge in [0.15, 0.2) is 5.82 Å². The van der Waals surface area contributed by atoms with Crippen molar-refractivity contribution in [1.29, 1.82) is 5.41 Å². The van der Waals surface area contributed by atoms with Gasteiger partial charge in [0.1, 0.15) is 5.84 Å². The fraction of sp³-hybridized carbons (Fsp3) is 0.500. The molecule has 1 unspecified atom stereocenters. The first-order valence-corrected chi connectivity index (χ1v) is 5.24. The fourth-order valence-corrected chi connectivity index (χ4v) is 1.94. The third-order valence-corrected chi connectivity index (χ3v) is 2.83. The number of aromatic nitrogens is 2. The summed E-state index contributed by atoms with van der Waals surface area (Å²) >= 11 is 0. The number of aliphatic hydroxyl groups is 1. The van der Waals surface area contributed by atoms with Gasteiger partial charge in [0.2, 0.25) is 0 Å². The molecule has 1 fully saturated rings. The number of aliphatic hydroxyl groups excluding tert-OH is 1. The number of amidine groups is 1. The molecule has 4 N–H and O–H groups in total. The van der Waals surface area contributed by atoms with Crippen molar-refractivity contribution in [2.75, 3.05) is 24.6 Å². The molecule has 1 saturated heterocycles. The van der Waals surface area contributed by atoms with Crippen LogP contribution in [0.2, 0.25) is 0 Å². The Bertz CT molecular complexity index is 395. The van der Waals surface area contributed by atoms with Gasteiger partial charge in [0.05, 0.1) is 11.8 Å². The zero-order valence-corrected chi connectivity index (χ0v) is 8.93.